The molecule has 0 spiro atoms. The Hall–Kier alpha value is -1.28. The van der Waals surface area contributed by atoms with Crippen LogP contribution in [0.4, 0.5) is 0 Å². The Morgan fingerprint density at radius 3 is 2.59 bits per heavy atom. The molecule has 1 aliphatic rings. The summed E-state index contributed by atoms with van der Waals surface area (Å²) in [4.78, 5) is 20.9. The first-order valence-corrected chi connectivity index (χ1v) is 10.5. The van der Waals surface area contributed by atoms with Gasteiger partial charge in [0.2, 0.25) is 0 Å². The molecule has 152 valence electrons. The minimum Gasteiger partial charge on any atom is -0.478 e. The lowest BCUT2D eigenvalue weighted by molar-refractivity contribution is -0.158. The standard InChI is InChI=1S/C18H28NO7P/c1-3-24-18(25-4-2)16(27(22)23)15-10-19-14(11-26-15)9-12-6-5-7-13(8-12)17(20)21/h5-8,14-16,18-19,27H,3-4,9-11H2,1-2H3,(H,20,21)(H,22,23)/t14-,15-,16?/m1/s1. The molecule has 0 saturated carbocycles. The van der Waals surface area contributed by atoms with Gasteiger partial charge in [0.15, 0.2) is 14.3 Å². The highest BCUT2D eigenvalue weighted by atomic mass is 31.1. The first kappa shape index (κ1) is 22.0. The Morgan fingerprint density at radius 1 is 1.37 bits per heavy atom. The molecule has 8 nitrogen and oxygen atoms in total. The summed E-state index contributed by atoms with van der Waals surface area (Å²) in [6.07, 6.45) is -0.675. The Bertz CT molecular complexity index is 628. The van der Waals surface area contributed by atoms with Crippen LogP contribution in [0, 0.1) is 0 Å². The summed E-state index contributed by atoms with van der Waals surface area (Å²) in [7, 11) is -2.94. The first-order chi connectivity index (χ1) is 13.0. The van der Waals surface area contributed by atoms with E-state index >= 15 is 0 Å². The van der Waals surface area contributed by atoms with E-state index in [-0.39, 0.29) is 11.6 Å². The highest BCUT2D eigenvalue weighted by Gasteiger charge is 2.38. The summed E-state index contributed by atoms with van der Waals surface area (Å²) in [5, 5.41) is 12.4. The molecule has 2 unspecified atom stereocenters. The molecule has 1 aromatic rings. The van der Waals surface area contributed by atoms with E-state index < -0.39 is 32.1 Å². The van der Waals surface area contributed by atoms with E-state index in [2.05, 4.69) is 5.32 Å². The van der Waals surface area contributed by atoms with Crippen LogP contribution in [0.15, 0.2) is 24.3 Å². The van der Waals surface area contributed by atoms with Crippen molar-refractivity contribution < 1.29 is 33.6 Å². The SMILES string of the molecule is CCOC(OCC)C([C@H]1CN[C@H](Cc2cccc(C(=O)O)c2)CO1)[PH](=O)O. The Labute approximate surface area is 159 Å². The van der Waals surface area contributed by atoms with Gasteiger partial charge in [0, 0.05) is 25.8 Å². The van der Waals surface area contributed by atoms with Gasteiger partial charge < -0.3 is 29.5 Å². The van der Waals surface area contributed by atoms with Crippen molar-refractivity contribution >= 4 is 14.0 Å². The van der Waals surface area contributed by atoms with Gasteiger partial charge in [-0.3, -0.25) is 4.57 Å². The maximum absolute atomic E-state index is 11.9. The fraction of sp³-hybridized carbons (Fsp3) is 0.611. The van der Waals surface area contributed by atoms with E-state index in [1.165, 1.54) is 0 Å². The lowest BCUT2D eigenvalue weighted by Gasteiger charge is -2.36. The molecule has 3 N–H and O–H groups in total. The van der Waals surface area contributed by atoms with Crippen LogP contribution in [0.1, 0.15) is 29.8 Å². The van der Waals surface area contributed by atoms with Crippen LogP contribution in [-0.4, -0.2) is 66.4 Å². The van der Waals surface area contributed by atoms with Gasteiger partial charge in [-0.05, 0) is 38.0 Å². The van der Waals surface area contributed by atoms with Crippen LogP contribution in [0.3, 0.4) is 0 Å². The highest BCUT2D eigenvalue weighted by Crippen LogP contribution is 2.33. The summed E-state index contributed by atoms with van der Waals surface area (Å²) in [5.74, 6) is -0.960. The molecule has 0 aliphatic carbocycles. The zero-order valence-electron chi connectivity index (χ0n) is 15.6. The largest absolute Gasteiger partial charge is 0.478 e. The van der Waals surface area contributed by atoms with E-state index in [4.69, 9.17) is 19.3 Å². The second-order valence-corrected chi connectivity index (χ2v) is 7.67. The van der Waals surface area contributed by atoms with Crippen LogP contribution in [0.25, 0.3) is 0 Å². The number of carbonyl (C=O) groups is 1. The van der Waals surface area contributed by atoms with Gasteiger partial charge in [-0.1, -0.05) is 12.1 Å². The van der Waals surface area contributed by atoms with Gasteiger partial charge in [0.1, 0.15) is 5.66 Å². The molecule has 1 aliphatic heterocycles. The van der Waals surface area contributed by atoms with Gasteiger partial charge in [-0.2, -0.15) is 0 Å². The third-order valence-corrected chi connectivity index (χ3v) is 5.63. The van der Waals surface area contributed by atoms with Crippen LogP contribution in [0.5, 0.6) is 0 Å². The molecule has 0 radical (unpaired) electrons. The minimum atomic E-state index is -2.94. The summed E-state index contributed by atoms with van der Waals surface area (Å²) in [6, 6.07) is 6.78. The molecule has 0 amide bonds. The van der Waals surface area contributed by atoms with Crippen molar-refractivity contribution in [3.63, 3.8) is 0 Å². The maximum Gasteiger partial charge on any atom is 0.335 e. The zero-order valence-corrected chi connectivity index (χ0v) is 16.6. The van der Waals surface area contributed by atoms with Crippen molar-refractivity contribution in [1.82, 2.24) is 5.32 Å². The number of carboxylic acid groups (broad SMARTS) is 1. The van der Waals surface area contributed by atoms with Crippen LogP contribution in [-0.2, 0) is 25.2 Å². The van der Waals surface area contributed by atoms with Crippen molar-refractivity contribution in [2.24, 2.45) is 0 Å². The molecular weight excluding hydrogens is 373 g/mol. The molecule has 0 bridgehead atoms. The van der Waals surface area contributed by atoms with E-state index in [1.807, 2.05) is 6.07 Å². The molecule has 9 heteroatoms. The summed E-state index contributed by atoms with van der Waals surface area (Å²) in [6.45, 7) is 5.09. The van der Waals surface area contributed by atoms with Crippen LogP contribution < -0.4 is 5.32 Å². The molecule has 27 heavy (non-hydrogen) atoms. The minimum absolute atomic E-state index is 0.00963. The average Bonchev–Trinajstić information content (AvgIpc) is 2.63. The van der Waals surface area contributed by atoms with Crippen LogP contribution in [0.2, 0.25) is 0 Å². The van der Waals surface area contributed by atoms with Gasteiger partial charge in [0.25, 0.3) is 0 Å². The highest BCUT2D eigenvalue weighted by molar-refractivity contribution is 7.39. The molecule has 1 saturated heterocycles. The van der Waals surface area contributed by atoms with Gasteiger partial charge in [0.05, 0.1) is 18.3 Å². The zero-order chi connectivity index (χ0) is 19.8. The average molecular weight is 401 g/mol. The number of rotatable bonds is 10. The lowest BCUT2D eigenvalue weighted by Crippen LogP contribution is -2.53. The number of nitrogens with one attached hydrogen (secondary N) is 1. The van der Waals surface area contributed by atoms with Crippen molar-refractivity contribution in [3.05, 3.63) is 35.4 Å². The first-order valence-electron chi connectivity index (χ1n) is 9.09. The molecule has 1 aromatic carbocycles. The van der Waals surface area contributed by atoms with Gasteiger partial charge in [-0.15, -0.1) is 0 Å². The third kappa shape index (κ3) is 6.38. The lowest BCUT2D eigenvalue weighted by atomic mass is 10.0. The van der Waals surface area contributed by atoms with E-state index in [9.17, 15) is 14.3 Å². The second-order valence-electron chi connectivity index (χ2n) is 6.33. The fourth-order valence-corrected chi connectivity index (χ4v) is 4.11. The van der Waals surface area contributed by atoms with Gasteiger partial charge in [-0.25, -0.2) is 4.79 Å². The summed E-state index contributed by atoms with van der Waals surface area (Å²) < 4.78 is 28.8. The Kier molecular flexibility index (Phi) is 8.89. The quantitative estimate of drug-likeness (QED) is 0.399. The van der Waals surface area contributed by atoms with Gasteiger partial charge >= 0.3 is 5.97 Å². The number of ether oxygens (including phenoxy) is 3. The number of carboxylic acids is 1. The number of hydrogen-bond donors (Lipinski definition) is 3. The Morgan fingerprint density at radius 2 is 2.07 bits per heavy atom. The fourth-order valence-electron chi connectivity index (χ4n) is 3.15. The number of aromatic carboxylic acids is 1. The maximum atomic E-state index is 11.9. The molecule has 1 heterocycles. The predicted molar refractivity (Wildman–Crippen MR) is 101 cm³/mol. The van der Waals surface area contributed by atoms with E-state index in [1.54, 1.807) is 32.0 Å². The molecular formula is C18H28NO7P. The second kappa shape index (κ2) is 10.9. The van der Waals surface area contributed by atoms with Crippen molar-refractivity contribution in [3.8, 4) is 0 Å². The normalized spacial score (nSPS) is 22.5. The topological polar surface area (TPSA) is 114 Å². The predicted octanol–water partition coefficient (Wildman–Crippen LogP) is 1.52. The summed E-state index contributed by atoms with van der Waals surface area (Å²) in [5.41, 5.74) is 0.388. The van der Waals surface area contributed by atoms with E-state index in [0.717, 1.165) is 5.56 Å². The number of morpholine rings is 1. The van der Waals surface area contributed by atoms with E-state index in [0.29, 0.717) is 32.8 Å². The van der Waals surface area contributed by atoms with Crippen molar-refractivity contribution in [1.29, 1.82) is 0 Å². The van der Waals surface area contributed by atoms with Crippen molar-refractivity contribution in [2.75, 3.05) is 26.4 Å². The molecule has 1 fully saturated rings. The number of benzene rings is 1. The number of hydrogen-bond acceptors (Lipinski definition) is 6. The molecule has 2 rings (SSSR count). The van der Waals surface area contributed by atoms with Crippen molar-refractivity contribution in [2.45, 2.75) is 44.4 Å². The molecule has 0 aromatic heterocycles. The monoisotopic (exact) mass is 401 g/mol. The smallest absolute Gasteiger partial charge is 0.335 e. The third-order valence-electron chi connectivity index (χ3n) is 4.42. The Balaban J connectivity index is 1.97. The molecule has 4 atom stereocenters. The van der Waals surface area contributed by atoms with Crippen LogP contribution >= 0.6 is 8.03 Å². The summed E-state index contributed by atoms with van der Waals surface area (Å²) >= 11 is 0.